The molecule has 1 saturated heterocycles. The third kappa shape index (κ3) is 3.18. The van der Waals surface area contributed by atoms with Gasteiger partial charge in [-0.1, -0.05) is 11.6 Å². The van der Waals surface area contributed by atoms with E-state index in [4.69, 9.17) is 16.0 Å². The molecule has 2 aromatic rings. The van der Waals surface area contributed by atoms with Crippen molar-refractivity contribution in [2.45, 2.75) is 6.42 Å². The summed E-state index contributed by atoms with van der Waals surface area (Å²) in [5.74, 6) is 0.187. The molecule has 2 amide bonds. The largest absolute Gasteiger partial charge is 0.459 e. The molecule has 1 aliphatic heterocycles. The van der Waals surface area contributed by atoms with Crippen molar-refractivity contribution in [3.05, 3.63) is 45.5 Å². The Morgan fingerprint density at radius 2 is 1.77 bits per heavy atom. The summed E-state index contributed by atoms with van der Waals surface area (Å²) in [4.78, 5) is 28.8. The predicted octanol–water partition coefficient (Wildman–Crippen LogP) is 2.98. The van der Waals surface area contributed by atoms with E-state index in [1.807, 2.05) is 0 Å². The normalized spacial score (nSPS) is 15.7. The maximum Gasteiger partial charge on any atom is 0.289 e. The highest BCUT2D eigenvalue weighted by molar-refractivity contribution is 7.17. The molecule has 0 saturated carbocycles. The van der Waals surface area contributed by atoms with Crippen LogP contribution in [0.2, 0.25) is 4.34 Å². The Kier molecular flexibility index (Phi) is 4.49. The van der Waals surface area contributed by atoms with Gasteiger partial charge in [0.05, 0.1) is 15.5 Å². The van der Waals surface area contributed by atoms with Crippen LogP contribution >= 0.6 is 22.9 Å². The maximum atomic E-state index is 12.4. The van der Waals surface area contributed by atoms with Crippen LogP contribution < -0.4 is 0 Å². The summed E-state index contributed by atoms with van der Waals surface area (Å²) in [7, 11) is 0. The number of nitrogens with zero attached hydrogens (tertiary/aromatic N) is 2. The predicted molar refractivity (Wildman–Crippen MR) is 84.5 cm³/mol. The molecule has 3 rings (SSSR count). The van der Waals surface area contributed by atoms with Gasteiger partial charge in [-0.2, -0.15) is 0 Å². The van der Waals surface area contributed by atoms with Crippen LogP contribution in [-0.2, 0) is 0 Å². The van der Waals surface area contributed by atoms with Gasteiger partial charge in [0, 0.05) is 26.2 Å². The van der Waals surface area contributed by atoms with Crippen LogP contribution in [0.3, 0.4) is 0 Å². The van der Waals surface area contributed by atoms with Crippen LogP contribution in [0, 0.1) is 0 Å². The van der Waals surface area contributed by atoms with Crippen LogP contribution in [0.25, 0.3) is 0 Å². The third-order valence-corrected chi connectivity index (χ3v) is 4.81. The van der Waals surface area contributed by atoms with E-state index >= 15 is 0 Å². The minimum absolute atomic E-state index is 0.0239. The molecule has 1 aliphatic rings. The van der Waals surface area contributed by atoms with Gasteiger partial charge >= 0.3 is 0 Å². The lowest BCUT2D eigenvalue weighted by atomic mass is 10.3. The molecule has 0 spiro atoms. The average Bonchev–Trinajstić information content (AvgIpc) is 3.13. The van der Waals surface area contributed by atoms with Gasteiger partial charge in [0.1, 0.15) is 0 Å². The van der Waals surface area contributed by atoms with Crippen molar-refractivity contribution in [2.24, 2.45) is 0 Å². The van der Waals surface area contributed by atoms with Crippen molar-refractivity contribution in [1.29, 1.82) is 0 Å². The van der Waals surface area contributed by atoms with Crippen molar-refractivity contribution < 1.29 is 14.0 Å². The summed E-state index contributed by atoms with van der Waals surface area (Å²) in [6.45, 7) is 2.27. The van der Waals surface area contributed by atoms with Gasteiger partial charge in [-0.05, 0) is 30.7 Å². The summed E-state index contributed by atoms with van der Waals surface area (Å²) in [5.41, 5.74) is 0. The molecule has 0 aliphatic carbocycles. The highest BCUT2D eigenvalue weighted by Gasteiger charge is 2.25. The number of carbonyl (C=O) groups is 2. The fourth-order valence-electron chi connectivity index (χ4n) is 2.46. The van der Waals surface area contributed by atoms with Gasteiger partial charge in [-0.25, -0.2) is 0 Å². The zero-order chi connectivity index (χ0) is 15.5. The number of hydrogen-bond acceptors (Lipinski definition) is 4. The molecule has 0 aromatic carbocycles. The summed E-state index contributed by atoms with van der Waals surface area (Å²) >= 11 is 7.16. The first kappa shape index (κ1) is 15.1. The Labute approximate surface area is 137 Å². The summed E-state index contributed by atoms with van der Waals surface area (Å²) < 4.78 is 5.76. The first-order valence-corrected chi connectivity index (χ1v) is 8.22. The molecular weight excluding hydrogens is 324 g/mol. The Morgan fingerprint density at radius 1 is 1.05 bits per heavy atom. The monoisotopic (exact) mass is 338 g/mol. The Bertz CT molecular complexity index is 668. The second-order valence-electron chi connectivity index (χ2n) is 5.02. The molecule has 7 heteroatoms. The third-order valence-electron chi connectivity index (χ3n) is 3.59. The molecule has 3 heterocycles. The van der Waals surface area contributed by atoms with E-state index in [1.165, 1.54) is 17.6 Å². The fraction of sp³-hybridized carbons (Fsp3) is 0.333. The van der Waals surface area contributed by atoms with Gasteiger partial charge < -0.3 is 14.2 Å². The van der Waals surface area contributed by atoms with E-state index in [0.29, 0.717) is 41.2 Å². The van der Waals surface area contributed by atoms with Crippen LogP contribution in [0.4, 0.5) is 0 Å². The molecule has 5 nitrogen and oxygen atoms in total. The summed E-state index contributed by atoms with van der Waals surface area (Å²) in [5, 5.41) is 0. The van der Waals surface area contributed by atoms with E-state index in [-0.39, 0.29) is 11.8 Å². The average molecular weight is 339 g/mol. The number of amides is 2. The van der Waals surface area contributed by atoms with Crippen molar-refractivity contribution in [3.63, 3.8) is 0 Å². The number of furan rings is 1. The quantitative estimate of drug-likeness (QED) is 0.846. The molecule has 0 N–H and O–H groups in total. The molecule has 0 bridgehead atoms. The van der Waals surface area contributed by atoms with Crippen LogP contribution in [-0.4, -0.2) is 47.8 Å². The topological polar surface area (TPSA) is 53.8 Å². The van der Waals surface area contributed by atoms with Gasteiger partial charge in [0.25, 0.3) is 11.8 Å². The highest BCUT2D eigenvalue weighted by atomic mass is 35.5. The number of carbonyl (C=O) groups excluding carboxylic acids is 2. The second-order valence-corrected chi connectivity index (χ2v) is 6.73. The summed E-state index contributed by atoms with van der Waals surface area (Å²) in [6.07, 6.45) is 2.23. The molecule has 22 heavy (non-hydrogen) atoms. The first-order valence-electron chi connectivity index (χ1n) is 7.02. The van der Waals surface area contributed by atoms with E-state index in [0.717, 1.165) is 6.42 Å². The van der Waals surface area contributed by atoms with Crippen molar-refractivity contribution >= 4 is 34.8 Å². The molecule has 116 valence electrons. The maximum absolute atomic E-state index is 12.4. The smallest absolute Gasteiger partial charge is 0.289 e. The fourth-order valence-corrected chi connectivity index (χ4v) is 3.48. The molecule has 0 unspecified atom stereocenters. The van der Waals surface area contributed by atoms with E-state index in [1.54, 1.807) is 34.1 Å². The van der Waals surface area contributed by atoms with E-state index in [2.05, 4.69) is 0 Å². The van der Waals surface area contributed by atoms with Gasteiger partial charge in [-0.3, -0.25) is 9.59 Å². The van der Waals surface area contributed by atoms with Crippen LogP contribution in [0.5, 0.6) is 0 Å². The SMILES string of the molecule is O=C(c1ccco1)N1CCCN(C(=O)c2ccc(Cl)s2)CC1. The van der Waals surface area contributed by atoms with Gasteiger partial charge in [0.2, 0.25) is 0 Å². The lowest BCUT2D eigenvalue weighted by Crippen LogP contribution is -2.37. The molecule has 0 radical (unpaired) electrons. The zero-order valence-corrected chi connectivity index (χ0v) is 13.4. The highest BCUT2D eigenvalue weighted by Crippen LogP contribution is 2.23. The van der Waals surface area contributed by atoms with Gasteiger partial charge in [-0.15, -0.1) is 11.3 Å². The minimum Gasteiger partial charge on any atom is -0.459 e. The number of thiophene rings is 1. The standard InChI is InChI=1S/C15H15ClN2O3S/c16-13-5-4-12(22-13)15(20)18-7-2-6-17(8-9-18)14(19)11-3-1-10-21-11/h1,3-5,10H,2,6-9H2. The lowest BCUT2D eigenvalue weighted by Gasteiger charge is -2.21. The Balaban J connectivity index is 1.65. The summed E-state index contributed by atoms with van der Waals surface area (Å²) in [6, 6.07) is 6.82. The Morgan fingerprint density at radius 3 is 2.36 bits per heavy atom. The molecule has 1 fully saturated rings. The molecular formula is C15H15ClN2O3S. The van der Waals surface area contributed by atoms with Gasteiger partial charge in [0.15, 0.2) is 5.76 Å². The Hall–Kier alpha value is -1.79. The van der Waals surface area contributed by atoms with E-state index < -0.39 is 0 Å². The lowest BCUT2D eigenvalue weighted by molar-refractivity contribution is 0.0702. The number of halogens is 1. The van der Waals surface area contributed by atoms with Crippen molar-refractivity contribution in [1.82, 2.24) is 9.80 Å². The first-order chi connectivity index (χ1) is 10.6. The van der Waals surface area contributed by atoms with Crippen LogP contribution in [0.1, 0.15) is 26.6 Å². The number of hydrogen-bond donors (Lipinski definition) is 0. The van der Waals surface area contributed by atoms with Crippen LogP contribution in [0.15, 0.2) is 34.9 Å². The number of rotatable bonds is 2. The van der Waals surface area contributed by atoms with Crippen molar-refractivity contribution in [2.75, 3.05) is 26.2 Å². The van der Waals surface area contributed by atoms with E-state index in [9.17, 15) is 9.59 Å². The molecule has 0 atom stereocenters. The zero-order valence-electron chi connectivity index (χ0n) is 11.8. The minimum atomic E-state index is -0.126. The van der Waals surface area contributed by atoms with Crippen molar-refractivity contribution in [3.8, 4) is 0 Å². The molecule has 2 aromatic heterocycles. The second kappa shape index (κ2) is 6.54.